The van der Waals surface area contributed by atoms with Gasteiger partial charge in [0, 0.05) is 42.7 Å². The van der Waals surface area contributed by atoms with Crippen LogP contribution in [0.5, 0.6) is 0 Å². The molecule has 1 saturated carbocycles. The van der Waals surface area contributed by atoms with Gasteiger partial charge in [0.05, 0.1) is 0 Å². The molecule has 1 saturated heterocycles. The van der Waals surface area contributed by atoms with E-state index in [4.69, 9.17) is 5.73 Å². The van der Waals surface area contributed by atoms with Gasteiger partial charge >= 0.3 is 0 Å². The summed E-state index contributed by atoms with van der Waals surface area (Å²) in [6, 6.07) is 6.43. The molecule has 148 valence electrons. The molecule has 2 aliphatic rings. The molecule has 0 radical (unpaired) electrons. The van der Waals surface area contributed by atoms with Gasteiger partial charge in [0.1, 0.15) is 0 Å². The SMILES string of the molecule is Cc1cc(CN2CCSCC2)ccc1NC(=O)[C@@H]1CCC[C@@H]1CN.Cl.Cl. The second kappa shape index (κ2) is 11.4. The van der Waals surface area contributed by atoms with Crippen molar-refractivity contribution in [3.8, 4) is 0 Å². The molecule has 3 N–H and O–H groups in total. The lowest BCUT2D eigenvalue weighted by Crippen LogP contribution is -2.32. The van der Waals surface area contributed by atoms with Crippen LogP contribution in [0, 0.1) is 18.8 Å². The summed E-state index contributed by atoms with van der Waals surface area (Å²) in [5.74, 6) is 3.04. The highest BCUT2D eigenvalue weighted by atomic mass is 35.5. The Labute approximate surface area is 173 Å². The molecule has 1 amide bonds. The number of aryl methyl sites for hydroxylation is 1. The maximum atomic E-state index is 12.6. The van der Waals surface area contributed by atoms with Gasteiger partial charge in [-0.2, -0.15) is 11.8 Å². The Kier molecular flexibility index (Phi) is 10.3. The molecule has 4 nitrogen and oxygen atoms in total. The van der Waals surface area contributed by atoms with Crippen LogP contribution in [0.15, 0.2) is 18.2 Å². The lowest BCUT2D eigenvalue weighted by Gasteiger charge is -2.26. The molecule has 3 rings (SSSR count). The Morgan fingerprint density at radius 2 is 2.00 bits per heavy atom. The fourth-order valence-electron chi connectivity index (χ4n) is 3.87. The molecule has 1 heterocycles. The summed E-state index contributed by atoms with van der Waals surface area (Å²) in [7, 11) is 0. The minimum absolute atomic E-state index is 0. The van der Waals surface area contributed by atoms with Crippen LogP contribution in [0.1, 0.15) is 30.4 Å². The van der Waals surface area contributed by atoms with Crippen molar-refractivity contribution in [2.75, 3.05) is 36.5 Å². The van der Waals surface area contributed by atoms with Gasteiger partial charge in [0.2, 0.25) is 5.91 Å². The van der Waals surface area contributed by atoms with Crippen LogP contribution in [0.4, 0.5) is 5.69 Å². The summed E-state index contributed by atoms with van der Waals surface area (Å²) in [6.45, 7) is 6.05. The molecule has 1 aromatic rings. The van der Waals surface area contributed by atoms with E-state index < -0.39 is 0 Å². The van der Waals surface area contributed by atoms with E-state index in [1.54, 1.807) is 0 Å². The minimum atomic E-state index is 0. The molecular weight excluding hydrogens is 389 g/mol. The number of benzene rings is 1. The van der Waals surface area contributed by atoms with Crippen molar-refractivity contribution in [1.82, 2.24) is 4.90 Å². The minimum Gasteiger partial charge on any atom is -0.330 e. The number of halogens is 2. The molecule has 0 aromatic heterocycles. The van der Waals surface area contributed by atoms with Crippen molar-refractivity contribution >= 4 is 48.2 Å². The maximum Gasteiger partial charge on any atom is 0.227 e. The number of nitrogens with zero attached hydrogens (tertiary/aromatic N) is 1. The lowest BCUT2D eigenvalue weighted by molar-refractivity contribution is -0.120. The Morgan fingerprint density at radius 1 is 1.27 bits per heavy atom. The highest BCUT2D eigenvalue weighted by Gasteiger charge is 2.32. The maximum absolute atomic E-state index is 12.6. The van der Waals surface area contributed by atoms with Gasteiger partial charge in [-0.25, -0.2) is 0 Å². The van der Waals surface area contributed by atoms with Crippen molar-refractivity contribution in [1.29, 1.82) is 0 Å². The molecule has 2 fully saturated rings. The summed E-state index contributed by atoms with van der Waals surface area (Å²) in [5.41, 5.74) is 9.23. The molecule has 7 heteroatoms. The third-order valence-electron chi connectivity index (χ3n) is 5.36. The summed E-state index contributed by atoms with van der Waals surface area (Å²) >= 11 is 2.04. The predicted molar refractivity (Wildman–Crippen MR) is 117 cm³/mol. The summed E-state index contributed by atoms with van der Waals surface area (Å²) in [4.78, 5) is 15.1. The van der Waals surface area contributed by atoms with Crippen molar-refractivity contribution in [2.24, 2.45) is 17.6 Å². The number of nitrogens with one attached hydrogen (secondary N) is 1. The summed E-state index contributed by atoms with van der Waals surface area (Å²) in [6.07, 6.45) is 3.17. The van der Waals surface area contributed by atoms with E-state index in [-0.39, 0.29) is 36.6 Å². The number of hydrogen-bond donors (Lipinski definition) is 2. The van der Waals surface area contributed by atoms with Crippen LogP contribution < -0.4 is 11.1 Å². The molecular formula is C19H31Cl2N3OS. The Morgan fingerprint density at radius 3 is 2.65 bits per heavy atom. The first-order valence-corrected chi connectivity index (χ1v) is 10.2. The van der Waals surface area contributed by atoms with Crippen molar-refractivity contribution < 1.29 is 4.79 Å². The van der Waals surface area contributed by atoms with Gasteiger partial charge in [0.15, 0.2) is 0 Å². The highest BCUT2D eigenvalue weighted by Crippen LogP contribution is 2.32. The van der Waals surface area contributed by atoms with E-state index in [0.29, 0.717) is 12.5 Å². The van der Waals surface area contributed by atoms with Gasteiger partial charge in [-0.1, -0.05) is 18.6 Å². The molecule has 1 aliphatic heterocycles. The molecule has 0 bridgehead atoms. The van der Waals surface area contributed by atoms with Gasteiger partial charge < -0.3 is 11.1 Å². The monoisotopic (exact) mass is 419 g/mol. The molecule has 0 unspecified atom stereocenters. The Balaban J connectivity index is 0.00000169. The van der Waals surface area contributed by atoms with Crippen LogP contribution in [0.25, 0.3) is 0 Å². The number of nitrogens with two attached hydrogens (primary N) is 1. The second-order valence-electron chi connectivity index (χ2n) is 7.06. The third kappa shape index (κ3) is 6.03. The predicted octanol–water partition coefficient (Wildman–Crippen LogP) is 3.70. The zero-order chi connectivity index (χ0) is 16.9. The van der Waals surface area contributed by atoms with Crippen LogP contribution in [0.3, 0.4) is 0 Å². The van der Waals surface area contributed by atoms with E-state index in [9.17, 15) is 4.79 Å². The Hall–Kier alpha value is -0.460. The van der Waals surface area contributed by atoms with Crippen LogP contribution in [-0.4, -0.2) is 41.9 Å². The van der Waals surface area contributed by atoms with E-state index in [2.05, 4.69) is 35.3 Å². The second-order valence-corrected chi connectivity index (χ2v) is 8.28. The number of thioether (sulfide) groups is 1. The van der Waals surface area contributed by atoms with Crippen molar-refractivity contribution in [3.05, 3.63) is 29.3 Å². The van der Waals surface area contributed by atoms with Crippen molar-refractivity contribution in [2.45, 2.75) is 32.7 Å². The average molecular weight is 420 g/mol. The topological polar surface area (TPSA) is 58.4 Å². The zero-order valence-corrected chi connectivity index (χ0v) is 17.9. The number of hydrogen-bond acceptors (Lipinski definition) is 4. The van der Waals surface area contributed by atoms with Crippen LogP contribution in [0.2, 0.25) is 0 Å². The normalized spacial score (nSPS) is 23.0. The highest BCUT2D eigenvalue weighted by molar-refractivity contribution is 7.99. The number of anilines is 1. The van der Waals surface area contributed by atoms with E-state index >= 15 is 0 Å². The van der Waals surface area contributed by atoms with E-state index in [1.807, 2.05) is 11.8 Å². The van der Waals surface area contributed by atoms with Crippen molar-refractivity contribution in [3.63, 3.8) is 0 Å². The fourth-order valence-corrected chi connectivity index (χ4v) is 4.85. The first kappa shape index (κ1) is 23.6. The molecule has 1 aliphatic carbocycles. The Bertz CT molecular complexity index is 582. The molecule has 0 spiro atoms. The number of rotatable bonds is 5. The standard InChI is InChI=1S/C19H29N3OS.2ClH/c1-14-11-15(13-22-7-9-24-10-8-22)5-6-18(14)21-19(23)17-4-2-3-16(17)12-20;;/h5-6,11,16-17H,2-4,7-10,12-13,20H2,1H3,(H,21,23);2*1H/t16-,17-;;/m1../s1. The number of carbonyl (C=O) groups excluding carboxylic acids is 1. The lowest BCUT2D eigenvalue weighted by atomic mass is 9.95. The van der Waals surface area contributed by atoms with Crippen LogP contribution >= 0.6 is 36.6 Å². The van der Waals surface area contributed by atoms with E-state index in [1.165, 1.54) is 30.2 Å². The number of carbonyl (C=O) groups is 1. The molecule has 26 heavy (non-hydrogen) atoms. The third-order valence-corrected chi connectivity index (χ3v) is 6.30. The molecule has 1 aromatic carbocycles. The van der Waals surface area contributed by atoms with Crippen LogP contribution in [-0.2, 0) is 11.3 Å². The summed E-state index contributed by atoms with van der Waals surface area (Å²) in [5, 5.41) is 3.14. The van der Waals surface area contributed by atoms with Gasteiger partial charge in [0.25, 0.3) is 0 Å². The molecule has 2 atom stereocenters. The first-order valence-electron chi connectivity index (χ1n) is 9.08. The van der Waals surface area contributed by atoms with Gasteiger partial charge in [-0.15, -0.1) is 24.8 Å². The summed E-state index contributed by atoms with van der Waals surface area (Å²) < 4.78 is 0. The fraction of sp³-hybridized carbons (Fsp3) is 0.632. The van der Waals surface area contributed by atoms with Gasteiger partial charge in [-0.05, 0) is 49.4 Å². The van der Waals surface area contributed by atoms with Gasteiger partial charge in [-0.3, -0.25) is 9.69 Å². The van der Waals surface area contributed by atoms with E-state index in [0.717, 1.165) is 37.1 Å². The average Bonchev–Trinajstić information content (AvgIpc) is 3.07. The zero-order valence-electron chi connectivity index (χ0n) is 15.4. The first-order chi connectivity index (χ1) is 11.7. The largest absolute Gasteiger partial charge is 0.330 e. The number of amides is 1. The quantitative estimate of drug-likeness (QED) is 0.763. The smallest absolute Gasteiger partial charge is 0.227 e.